The van der Waals surface area contributed by atoms with Crippen LogP contribution < -0.4 is 0 Å². The third-order valence-electron chi connectivity index (χ3n) is 5.39. The molecule has 0 aliphatic carbocycles. The van der Waals surface area contributed by atoms with Crippen LogP contribution in [0.1, 0.15) is 37.7 Å². The molecule has 1 aromatic carbocycles. The van der Waals surface area contributed by atoms with E-state index in [1.807, 2.05) is 40.1 Å². The molecule has 1 aromatic rings. The van der Waals surface area contributed by atoms with Gasteiger partial charge >= 0.3 is 0 Å². The van der Waals surface area contributed by atoms with Crippen molar-refractivity contribution in [3.63, 3.8) is 0 Å². The highest BCUT2D eigenvalue weighted by molar-refractivity contribution is 5.84. The average Bonchev–Trinajstić information content (AvgIpc) is 2.69. The number of morpholine rings is 1. The largest absolute Gasteiger partial charge is 0.378 e. The fourth-order valence-electron chi connectivity index (χ4n) is 3.85. The van der Waals surface area contributed by atoms with Crippen LogP contribution >= 0.6 is 0 Å². The maximum absolute atomic E-state index is 12.9. The first-order valence-corrected chi connectivity index (χ1v) is 9.41. The Kier molecular flexibility index (Phi) is 6.08. The lowest BCUT2D eigenvalue weighted by Crippen LogP contribution is -2.48. The van der Waals surface area contributed by atoms with Gasteiger partial charge in [0.15, 0.2) is 0 Å². The highest BCUT2D eigenvalue weighted by Gasteiger charge is 2.32. The summed E-state index contributed by atoms with van der Waals surface area (Å²) < 4.78 is 5.32. The second-order valence-electron chi connectivity index (χ2n) is 6.91. The van der Waals surface area contributed by atoms with Crippen molar-refractivity contribution in [2.75, 3.05) is 39.4 Å². The highest BCUT2D eigenvalue weighted by atomic mass is 16.5. The Hall–Kier alpha value is -1.88. The van der Waals surface area contributed by atoms with Crippen molar-refractivity contribution in [2.45, 2.75) is 32.1 Å². The van der Waals surface area contributed by atoms with Gasteiger partial charge in [0.1, 0.15) is 0 Å². The number of amides is 2. The van der Waals surface area contributed by atoms with Gasteiger partial charge in [-0.3, -0.25) is 9.59 Å². The Morgan fingerprint density at radius 2 is 1.68 bits per heavy atom. The van der Waals surface area contributed by atoms with Crippen molar-refractivity contribution in [1.82, 2.24) is 9.80 Å². The molecule has 2 heterocycles. The van der Waals surface area contributed by atoms with Crippen LogP contribution in [0.3, 0.4) is 0 Å². The standard InChI is InChI=1S/C20H28N2O3/c1-2-18(16-6-4-3-5-7-16)20(24)21-10-8-17(9-11-21)19(23)22-12-14-25-15-13-22/h3-7,17-18H,2,8-15H2,1H3. The van der Waals surface area contributed by atoms with Crippen LogP contribution in [0.25, 0.3) is 0 Å². The van der Waals surface area contributed by atoms with E-state index in [9.17, 15) is 9.59 Å². The van der Waals surface area contributed by atoms with Gasteiger partial charge in [-0.2, -0.15) is 0 Å². The summed E-state index contributed by atoms with van der Waals surface area (Å²) in [5.41, 5.74) is 1.08. The maximum Gasteiger partial charge on any atom is 0.230 e. The Balaban J connectivity index is 1.56. The van der Waals surface area contributed by atoms with Gasteiger partial charge in [0.2, 0.25) is 11.8 Å². The van der Waals surface area contributed by atoms with Crippen LogP contribution in [-0.4, -0.2) is 61.0 Å². The van der Waals surface area contributed by atoms with Crippen molar-refractivity contribution in [2.24, 2.45) is 5.92 Å². The zero-order valence-electron chi connectivity index (χ0n) is 15.0. The van der Waals surface area contributed by atoms with E-state index in [1.54, 1.807) is 0 Å². The first kappa shape index (κ1) is 17.9. The van der Waals surface area contributed by atoms with Gasteiger partial charge in [0, 0.05) is 32.1 Å². The predicted molar refractivity (Wildman–Crippen MR) is 96.2 cm³/mol. The number of piperidine rings is 1. The molecule has 3 rings (SSSR count). The van der Waals surface area contributed by atoms with Gasteiger partial charge in [-0.05, 0) is 24.8 Å². The maximum atomic E-state index is 12.9. The van der Waals surface area contributed by atoms with Gasteiger partial charge in [-0.25, -0.2) is 0 Å². The Morgan fingerprint density at radius 3 is 2.28 bits per heavy atom. The molecule has 5 nitrogen and oxygen atoms in total. The van der Waals surface area contributed by atoms with Crippen LogP contribution in [0.15, 0.2) is 30.3 Å². The molecular weight excluding hydrogens is 316 g/mol. The van der Waals surface area contributed by atoms with Crippen molar-refractivity contribution in [1.29, 1.82) is 0 Å². The van der Waals surface area contributed by atoms with Crippen molar-refractivity contribution in [3.05, 3.63) is 35.9 Å². The molecule has 2 aliphatic heterocycles. The second-order valence-corrected chi connectivity index (χ2v) is 6.91. The molecule has 0 saturated carbocycles. The molecule has 2 aliphatic rings. The van der Waals surface area contributed by atoms with Gasteiger partial charge in [-0.1, -0.05) is 37.3 Å². The van der Waals surface area contributed by atoms with Crippen LogP contribution in [0, 0.1) is 5.92 Å². The van der Waals surface area contributed by atoms with E-state index in [0.717, 1.165) is 24.8 Å². The zero-order chi connectivity index (χ0) is 17.6. The van der Waals surface area contributed by atoms with Gasteiger partial charge in [0.25, 0.3) is 0 Å². The first-order chi connectivity index (χ1) is 12.2. The number of rotatable bonds is 4. The highest BCUT2D eigenvalue weighted by Crippen LogP contribution is 2.26. The normalized spacial score (nSPS) is 20.4. The van der Waals surface area contributed by atoms with Crippen LogP contribution in [0.5, 0.6) is 0 Å². The van der Waals surface area contributed by atoms with E-state index in [4.69, 9.17) is 4.74 Å². The number of hydrogen-bond donors (Lipinski definition) is 0. The molecule has 2 saturated heterocycles. The monoisotopic (exact) mass is 344 g/mol. The summed E-state index contributed by atoms with van der Waals surface area (Å²) in [6, 6.07) is 10.0. The number of carbonyl (C=O) groups excluding carboxylic acids is 2. The number of hydrogen-bond acceptors (Lipinski definition) is 3. The molecule has 136 valence electrons. The molecule has 0 spiro atoms. The Labute approximate surface area is 149 Å². The smallest absolute Gasteiger partial charge is 0.230 e. The molecule has 5 heteroatoms. The van der Waals surface area contributed by atoms with Crippen LogP contribution in [0.4, 0.5) is 0 Å². The van der Waals surface area contributed by atoms with Gasteiger partial charge in [0.05, 0.1) is 19.1 Å². The lowest BCUT2D eigenvalue weighted by Gasteiger charge is -2.36. The van der Waals surface area contributed by atoms with Crippen molar-refractivity contribution >= 4 is 11.8 Å². The summed E-state index contributed by atoms with van der Waals surface area (Å²) in [6.45, 7) is 6.10. The summed E-state index contributed by atoms with van der Waals surface area (Å²) in [5.74, 6) is 0.420. The number of likely N-dealkylation sites (tertiary alicyclic amines) is 1. The topological polar surface area (TPSA) is 49.9 Å². The van der Waals surface area contributed by atoms with E-state index in [-0.39, 0.29) is 23.7 Å². The summed E-state index contributed by atoms with van der Waals surface area (Å²) in [6.07, 6.45) is 2.34. The van der Waals surface area contributed by atoms with Crippen molar-refractivity contribution in [3.8, 4) is 0 Å². The molecule has 0 bridgehead atoms. The summed E-state index contributed by atoms with van der Waals surface area (Å²) >= 11 is 0. The van der Waals surface area contributed by atoms with Crippen molar-refractivity contribution < 1.29 is 14.3 Å². The Bertz CT molecular complexity index is 576. The first-order valence-electron chi connectivity index (χ1n) is 9.41. The lowest BCUT2D eigenvalue weighted by atomic mass is 9.91. The average molecular weight is 344 g/mol. The van der Waals surface area contributed by atoms with Gasteiger partial charge < -0.3 is 14.5 Å². The number of nitrogens with zero attached hydrogens (tertiary/aromatic N) is 2. The summed E-state index contributed by atoms with van der Waals surface area (Å²) in [7, 11) is 0. The predicted octanol–water partition coefficient (Wildman–Crippen LogP) is 2.28. The van der Waals surface area contributed by atoms with Gasteiger partial charge in [-0.15, -0.1) is 0 Å². The molecule has 25 heavy (non-hydrogen) atoms. The fourth-order valence-corrected chi connectivity index (χ4v) is 3.85. The fraction of sp³-hybridized carbons (Fsp3) is 0.600. The third kappa shape index (κ3) is 4.21. The molecule has 0 N–H and O–H groups in total. The minimum atomic E-state index is -0.0762. The second kappa shape index (κ2) is 8.48. The molecule has 2 amide bonds. The van der Waals surface area contributed by atoms with E-state index in [0.29, 0.717) is 39.4 Å². The molecule has 1 atom stereocenters. The van der Waals surface area contributed by atoms with E-state index in [1.165, 1.54) is 0 Å². The molecular formula is C20H28N2O3. The third-order valence-corrected chi connectivity index (χ3v) is 5.39. The number of carbonyl (C=O) groups is 2. The van der Waals surface area contributed by atoms with Crippen LogP contribution in [0.2, 0.25) is 0 Å². The van der Waals surface area contributed by atoms with Crippen LogP contribution in [-0.2, 0) is 14.3 Å². The lowest BCUT2D eigenvalue weighted by molar-refractivity contribution is -0.144. The zero-order valence-corrected chi connectivity index (χ0v) is 15.0. The number of benzene rings is 1. The van der Waals surface area contributed by atoms with E-state index < -0.39 is 0 Å². The molecule has 0 radical (unpaired) electrons. The van der Waals surface area contributed by atoms with E-state index in [2.05, 4.69) is 6.92 Å². The SMILES string of the molecule is CCC(C(=O)N1CCC(C(=O)N2CCOCC2)CC1)c1ccccc1. The Morgan fingerprint density at radius 1 is 1.04 bits per heavy atom. The van der Waals surface area contributed by atoms with E-state index >= 15 is 0 Å². The summed E-state index contributed by atoms with van der Waals surface area (Å²) in [4.78, 5) is 29.4. The molecule has 1 unspecified atom stereocenters. The molecule has 0 aromatic heterocycles. The summed E-state index contributed by atoms with van der Waals surface area (Å²) in [5, 5.41) is 0. The minimum Gasteiger partial charge on any atom is -0.378 e. The molecule has 2 fully saturated rings. The quantitative estimate of drug-likeness (QED) is 0.842. The number of ether oxygens (including phenoxy) is 1. The minimum absolute atomic E-state index is 0.0546.